The molecule has 82 valence electrons. The smallest absolute Gasteiger partial charge is 0.142 e. The quantitative estimate of drug-likeness (QED) is 0.530. The lowest BCUT2D eigenvalue weighted by molar-refractivity contribution is 0.131. The van der Waals surface area contributed by atoms with Crippen LogP contribution in [0.5, 0.6) is 5.75 Å². The molecule has 0 radical (unpaired) electrons. The first-order valence-electron chi connectivity index (χ1n) is 5.13. The van der Waals surface area contributed by atoms with E-state index >= 15 is 0 Å². The number of oxime groups is 1. The van der Waals surface area contributed by atoms with Crippen LogP contribution in [0.4, 0.5) is 0 Å². The van der Waals surface area contributed by atoms with Crippen LogP contribution in [-0.2, 0) is 11.4 Å². The second kappa shape index (κ2) is 6.87. The van der Waals surface area contributed by atoms with Crippen LogP contribution in [0.3, 0.4) is 0 Å². The van der Waals surface area contributed by atoms with Crippen molar-refractivity contribution in [1.29, 1.82) is 0 Å². The standard InChI is InChI=1S/C12H17NO2/c1-3-4-8-13-15-10-11-6-5-7-12(9-11)14-2/h5-9H,3-4,10H2,1-2H3. The third-order valence-corrected chi connectivity index (χ3v) is 1.93. The van der Waals surface area contributed by atoms with Gasteiger partial charge in [0, 0.05) is 6.21 Å². The van der Waals surface area contributed by atoms with Gasteiger partial charge >= 0.3 is 0 Å². The number of nitrogens with zero attached hydrogens (tertiary/aromatic N) is 1. The molecule has 0 unspecified atom stereocenters. The molecule has 0 aliphatic heterocycles. The monoisotopic (exact) mass is 207 g/mol. The summed E-state index contributed by atoms with van der Waals surface area (Å²) in [5, 5.41) is 3.85. The first-order valence-corrected chi connectivity index (χ1v) is 5.13. The van der Waals surface area contributed by atoms with Gasteiger partial charge in [-0.1, -0.05) is 30.6 Å². The molecule has 15 heavy (non-hydrogen) atoms. The Hall–Kier alpha value is -1.51. The summed E-state index contributed by atoms with van der Waals surface area (Å²) in [6, 6.07) is 7.77. The maximum absolute atomic E-state index is 5.14. The van der Waals surface area contributed by atoms with Crippen LogP contribution in [0, 0.1) is 0 Å². The van der Waals surface area contributed by atoms with Crippen LogP contribution in [0.15, 0.2) is 29.4 Å². The fraction of sp³-hybridized carbons (Fsp3) is 0.417. The Bertz CT molecular complexity index is 310. The van der Waals surface area contributed by atoms with E-state index in [1.807, 2.05) is 24.3 Å². The Morgan fingerprint density at radius 1 is 1.40 bits per heavy atom. The normalized spacial score (nSPS) is 10.5. The van der Waals surface area contributed by atoms with Gasteiger partial charge in [0.05, 0.1) is 7.11 Å². The molecule has 3 nitrogen and oxygen atoms in total. The molecule has 1 rings (SSSR count). The van der Waals surface area contributed by atoms with Crippen LogP contribution in [0.2, 0.25) is 0 Å². The van der Waals surface area contributed by atoms with Crippen molar-refractivity contribution in [1.82, 2.24) is 0 Å². The lowest BCUT2D eigenvalue weighted by Crippen LogP contribution is -1.89. The van der Waals surface area contributed by atoms with Crippen molar-refractivity contribution in [3.63, 3.8) is 0 Å². The van der Waals surface area contributed by atoms with Crippen molar-refractivity contribution in [2.75, 3.05) is 7.11 Å². The van der Waals surface area contributed by atoms with Crippen LogP contribution < -0.4 is 4.74 Å². The molecule has 0 amide bonds. The highest BCUT2D eigenvalue weighted by Gasteiger charge is 1.95. The van der Waals surface area contributed by atoms with Gasteiger partial charge in [-0.15, -0.1) is 0 Å². The summed E-state index contributed by atoms with van der Waals surface area (Å²) in [4.78, 5) is 5.14. The van der Waals surface area contributed by atoms with Crippen LogP contribution in [0.25, 0.3) is 0 Å². The molecule has 0 spiro atoms. The largest absolute Gasteiger partial charge is 0.497 e. The van der Waals surface area contributed by atoms with E-state index in [0.29, 0.717) is 6.61 Å². The van der Waals surface area contributed by atoms with Gasteiger partial charge in [0.15, 0.2) is 0 Å². The molecule has 0 heterocycles. The molecule has 0 saturated carbocycles. The minimum absolute atomic E-state index is 0.484. The van der Waals surface area contributed by atoms with E-state index in [9.17, 15) is 0 Å². The number of rotatable bonds is 6. The maximum atomic E-state index is 5.14. The van der Waals surface area contributed by atoms with Crippen LogP contribution in [-0.4, -0.2) is 13.3 Å². The molecule has 0 aliphatic rings. The molecule has 0 saturated heterocycles. The Balaban J connectivity index is 2.36. The molecular weight excluding hydrogens is 190 g/mol. The van der Waals surface area contributed by atoms with E-state index in [1.54, 1.807) is 13.3 Å². The van der Waals surface area contributed by atoms with Crippen molar-refractivity contribution in [3.05, 3.63) is 29.8 Å². The lowest BCUT2D eigenvalue weighted by Gasteiger charge is -2.02. The van der Waals surface area contributed by atoms with E-state index in [4.69, 9.17) is 9.57 Å². The van der Waals surface area contributed by atoms with Crippen LogP contribution in [0.1, 0.15) is 25.3 Å². The summed E-state index contributed by atoms with van der Waals surface area (Å²) < 4.78 is 5.11. The van der Waals surface area contributed by atoms with Gasteiger partial charge < -0.3 is 9.57 Å². The zero-order valence-corrected chi connectivity index (χ0v) is 9.27. The number of benzene rings is 1. The van der Waals surface area contributed by atoms with E-state index < -0.39 is 0 Å². The fourth-order valence-electron chi connectivity index (χ4n) is 1.11. The molecule has 0 bridgehead atoms. The Labute approximate surface area is 90.7 Å². The number of hydrogen-bond acceptors (Lipinski definition) is 3. The number of ether oxygens (including phenoxy) is 1. The van der Waals surface area contributed by atoms with Gasteiger partial charge in [0.2, 0.25) is 0 Å². The van der Waals surface area contributed by atoms with Crippen molar-refractivity contribution in [2.45, 2.75) is 26.4 Å². The molecule has 1 aromatic carbocycles. The highest BCUT2D eigenvalue weighted by Crippen LogP contribution is 2.13. The summed E-state index contributed by atoms with van der Waals surface area (Å²) in [6.07, 6.45) is 3.84. The minimum Gasteiger partial charge on any atom is -0.497 e. The van der Waals surface area contributed by atoms with Crippen molar-refractivity contribution in [3.8, 4) is 5.75 Å². The average molecular weight is 207 g/mol. The average Bonchev–Trinajstić information content (AvgIpc) is 2.29. The van der Waals surface area contributed by atoms with Crippen molar-refractivity contribution >= 4 is 6.21 Å². The van der Waals surface area contributed by atoms with E-state index in [1.165, 1.54) is 0 Å². The number of unbranched alkanes of at least 4 members (excludes halogenated alkanes) is 1. The molecule has 0 aliphatic carbocycles. The molecule has 0 fully saturated rings. The molecule has 0 atom stereocenters. The van der Waals surface area contributed by atoms with Crippen molar-refractivity contribution < 1.29 is 9.57 Å². The third-order valence-electron chi connectivity index (χ3n) is 1.93. The van der Waals surface area contributed by atoms with Gasteiger partial charge in [0.25, 0.3) is 0 Å². The van der Waals surface area contributed by atoms with Gasteiger partial charge in [-0.3, -0.25) is 0 Å². The topological polar surface area (TPSA) is 30.8 Å². The lowest BCUT2D eigenvalue weighted by atomic mass is 10.2. The zero-order chi connectivity index (χ0) is 10.9. The molecule has 1 aromatic rings. The summed E-state index contributed by atoms with van der Waals surface area (Å²) in [5.74, 6) is 0.841. The fourth-order valence-corrected chi connectivity index (χ4v) is 1.11. The highest BCUT2D eigenvalue weighted by atomic mass is 16.6. The number of hydrogen-bond donors (Lipinski definition) is 0. The highest BCUT2D eigenvalue weighted by molar-refractivity contribution is 5.55. The predicted octanol–water partition coefficient (Wildman–Crippen LogP) is 3.00. The van der Waals surface area contributed by atoms with Gasteiger partial charge in [-0.05, 0) is 24.1 Å². The summed E-state index contributed by atoms with van der Waals surface area (Å²) in [6.45, 7) is 2.59. The molecule has 0 aromatic heterocycles. The Kier molecular flexibility index (Phi) is 5.30. The van der Waals surface area contributed by atoms with Gasteiger partial charge in [-0.2, -0.15) is 0 Å². The third kappa shape index (κ3) is 4.49. The van der Waals surface area contributed by atoms with E-state index in [2.05, 4.69) is 12.1 Å². The second-order valence-electron chi connectivity index (χ2n) is 3.20. The maximum Gasteiger partial charge on any atom is 0.142 e. The first kappa shape index (κ1) is 11.6. The molecular formula is C12H17NO2. The Morgan fingerprint density at radius 2 is 2.27 bits per heavy atom. The summed E-state index contributed by atoms with van der Waals surface area (Å²) in [7, 11) is 1.65. The Morgan fingerprint density at radius 3 is 3.00 bits per heavy atom. The molecule has 0 N–H and O–H groups in total. The predicted molar refractivity (Wildman–Crippen MR) is 61.2 cm³/mol. The van der Waals surface area contributed by atoms with E-state index in [0.717, 1.165) is 24.2 Å². The SMILES string of the molecule is CCCC=NOCc1cccc(OC)c1. The minimum atomic E-state index is 0.484. The summed E-state index contributed by atoms with van der Waals surface area (Å²) >= 11 is 0. The molecule has 3 heteroatoms. The van der Waals surface area contributed by atoms with Gasteiger partial charge in [0.1, 0.15) is 12.4 Å². The van der Waals surface area contributed by atoms with Gasteiger partial charge in [-0.25, -0.2) is 0 Å². The van der Waals surface area contributed by atoms with Crippen LogP contribution >= 0.6 is 0 Å². The first-order chi connectivity index (χ1) is 7.36. The number of methoxy groups -OCH3 is 1. The zero-order valence-electron chi connectivity index (χ0n) is 9.27. The second-order valence-corrected chi connectivity index (χ2v) is 3.20. The van der Waals surface area contributed by atoms with Crippen molar-refractivity contribution in [2.24, 2.45) is 5.16 Å². The van der Waals surface area contributed by atoms with E-state index in [-0.39, 0.29) is 0 Å². The summed E-state index contributed by atoms with van der Waals surface area (Å²) in [5.41, 5.74) is 1.06.